The fourth-order valence-electron chi connectivity index (χ4n) is 6.69. The van der Waals surface area contributed by atoms with E-state index < -0.39 is 20.0 Å². The van der Waals surface area contributed by atoms with E-state index in [9.17, 15) is 19.4 Å². The van der Waals surface area contributed by atoms with E-state index in [1.165, 1.54) is 38.5 Å². The summed E-state index contributed by atoms with van der Waals surface area (Å²) in [5, 5.41) is 13.8. The van der Waals surface area contributed by atoms with Crippen LogP contribution in [0.2, 0.25) is 0 Å². The second kappa shape index (κ2) is 51.0. The van der Waals surface area contributed by atoms with Crippen LogP contribution in [0.1, 0.15) is 174 Å². The summed E-state index contributed by atoms with van der Waals surface area (Å²) in [5.74, 6) is -0.242. The predicted octanol–water partition coefficient (Wildman–Crippen LogP) is 16.7. The third-order valence-electron chi connectivity index (χ3n) is 11.0. The van der Waals surface area contributed by atoms with Crippen molar-refractivity contribution in [2.75, 3.05) is 40.9 Å². The number of allylic oxidation sites excluding steroid dienone is 25. The van der Waals surface area contributed by atoms with Crippen molar-refractivity contribution in [2.24, 2.45) is 0 Å². The molecule has 0 aliphatic heterocycles. The second-order valence-electron chi connectivity index (χ2n) is 18.8. The first-order chi connectivity index (χ1) is 34.5. The molecule has 9 heteroatoms. The summed E-state index contributed by atoms with van der Waals surface area (Å²) in [6.07, 6.45) is 80.6. The highest BCUT2D eigenvalue weighted by molar-refractivity contribution is 7.47. The lowest BCUT2D eigenvalue weighted by Gasteiger charge is -2.25. The first kappa shape index (κ1) is 67.1. The highest BCUT2D eigenvalue weighted by atomic mass is 31.2. The summed E-state index contributed by atoms with van der Waals surface area (Å²) in [4.78, 5) is 23.2. The number of carbonyl (C=O) groups is 1. The molecule has 0 radical (unpaired) electrons. The molecule has 0 saturated heterocycles. The Hall–Kier alpha value is -3.88. The summed E-state index contributed by atoms with van der Waals surface area (Å²) in [5.41, 5.74) is 0. The van der Waals surface area contributed by atoms with Gasteiger partial charge in [-0.3, -0.25) is 13.8 Å². The van der Waals surface area contributed by atoms with E-state index in [0.29, 0.717) is 17.4 Å². The first-order valence-corrected chi connectivity index (χ1v) is 28.9. The van der Waals surface area contributed by atoms with Crippen molar-refractivity contribution in [3.8, 4) is 0 Å². The van der Waals surface area contributed by atoms with E-state index in [-0.39, 0.29) is 25.5 Å². The van der Waals surface area contributed by atoms with Crippen molar-refractivity contribution in [3.63, 3.8) is 0 Å². The van der Waals surface area contributed by atoms with Crippen molar-refractivity contribution >= 4 is 13.7 Å². The summed E-state index contributed by atoms with van der Waals surface area (Å²) in [7, 11) is 1.49. The molecule has 71 heavy (non-hydrogen) atoms. The Morgan fingerprint density at radius 1 is 0.493 bits per heavy atom. The van der Waals surface area contributed by atoms with Crippen LogP contribution in [0.15, 0.2) is 158 Å². The number of phosphoric acid groups is 1. The lowest BCUT2D eigenvalue weighted by atomic mass is 10.1. The monoisotopic (exact) mass is 1000 g/mol. The molecule has 400 valence electrons. The molecule has 0 fully saturated rings. The van der Waals surface area contributed by atoms with Gasteiger partial charge in [0, 0.05) is 6.42 Å². The molecule has 0 bridgehead atoms. The van der Waals surface area contributed by atoms with Crippen LogP contribution in [0.4, 0.5) is 0 Å². The zero-order valence-electron chi connectivity index (χ0n) is 45.4. The van der Waals surface area contributed by atoms with E-state index >= 15 is 0 Å². The lowest BCUT2D eigenvalue weighted by molar-refractivity contribution is -0.870. The van der Waals surface area contributed by atoms with Crippen LogP contribution in [0.3, 0.4) is 0 Å². The molecular formula is C62H102N2O6P+. The third-order valence-corrected chi connectivity index (χ3v) is 11.9. The fraction of sp³-hybridized carbons (Fsp3) is 0.565. The molecule has 0 saturated carbocycles. The van der Waals surface area contributed by atoms with Crippen LogP contribution in [0.5, 0.6) is 0 Å². The number of unbranched alkanes of at least 4 members (excludes halogenated alkanes) is 10. The molecule has 0 aliphatic rings. The Labute approximate surface area is 435 Å². The first-order valence-electron chi connectivity index (χ1n) is 27.4. The number of phosphoric ester groups is 1. The number of quaternary nitrogens is 1. The molecule has 0 spiro atoms. The molecule has 3 atom stereocenters. The largest absolute Gasteiger partial charge is 0.472 e. The summed E-state index contributed by atoms with van der Waals surface area (Å²) in [6, 6.07) is -0.906. The Kier molecular flexibility index (Phi) is 48.2. The number of rotatable bonds is 47. The number of hydrogen-bond acceptors (Lipinski definition) is 5. The number of nitrogens with zero attached hydrogens (tertiary/aromatic N) is 1. The van der Waals surface area contributed by atoms with Gasteiger partial charge in [0.15, 0.2) is 0 Å². The molecule has 0 heterocycles. The maximum absolute atomic E-state index is 12.9. The van der Waals surface area contributed by atoms with E-state index in [2.05, 4.69) is 165 Å². The van der Waals surface area contributed by atoms with Gasteiger partial charge in [-0.1, -0.05) is 204 Å². The zero-order valence-corrected chi connectivity index (χ0v) is 46.3. The number of amides is 1. The van der Waals surface area contributed by atoms with Gasteiger partial charge in [-0.2, -0.15) is 0 Å². The summed E-state index contributed by atoms with van der Waals surface area (Å²) < 4.78 is 23.6. The molecule has 0 rings (SSSR count). The maximum atomic E-state index is 12.9. The van der Waals surface area contributed by atoms with Gasteiger partial charge in [0.25, 0.3) is 0 Å². The predicted molar refractivity (Wildman–Crippen MR) is 308 cm³/mol. The Morgan fingerprint density at radius 3 is 1.30 bits per heavy atom. The van der Waals surface area contributed by atoms with Crippen molar-refractivity contribution in [1.29, 1.82) is 0 Å². The molecule has 0 aromatic heterocycles. The Balaban J connectivity index is 4.41. The minimum Gasteiger partial charge on any atom is -0.387 e. The van der Waals surface area contributed by atoms with Crippen LogP contribution in [0.25, 0.3) is 0 Å². The van der Waals surface area contributed by atoms with Crippen molar-refractivity contribution < 1.29 is 32.9 Å². The molecule has 1 amide bonds. The van der Waals surface area contributed by atoms with Gasteiger partial charge < -0.3 is 19.8 Å². The number of hydrogen-bond donors (Lipinski definition) is 3. The molecule has 3 unspecified atom stereocenters. The highest BCUT2D eigenvalue weighted by Crippen LogP contribution is 2.43. The minimum absolute atomic E-state index is 0.0353. The van der Waals surface area contributed by atoms with Crippen molar-refractivity contribution in [1.82, 2.24) is 5.32 Å². The normalized spacial score (nSPS) is 15.2. The van der Waals surface area contributed by atoms with Gasteiger partial charge in [-0.25, -0.2) is 4.57 Å². The average Bonchev–Trinajstić information content (AvgIpc) is 3.33. The Bertz CT molecular complexity index is 1700. The number of aliphatic hydroxyl groups is 1. The standard InChI is InChI=1S/C62H101N2O6P/c1-6-8-10-12-14-16-18-20-22-24-25-26-27-28-29-30-31-32-33-34-35-36-37-38-39-40-42-44-46-48-50-52-54-56-62(66)63-60(59-70-71(67,68)69-58-57-64(3,4)5)61(65)55-53-51-49-47-45-43-41-23-21-19-17-15-13-11-9-7-2/h8,10,14,16,20-23,25-26,28-29,31-32,34-35,37-38,40,42,45-48,53,55,60-61,65H,6-7,9,11-13,15,17-19,24,27,30,33,36,39,41,43-44,49-52,54,56-59H2,1-5H3,(H-,63,66,67,68)/p+1/b10-8-,16-14-,22-20-,23-21+,26-25-,29-28-,32-31-,35-34-,38-37-,42-40-,47-45+,48-46-,55-53+. The molecule has 0 aromatic carbocycles. The Morgan fingerprint density at radius 2 is 0.859 bits per heavy atom. The SMILES string of the molecule is CC/C=C\C/C=C\C/C=C\C/C=C\C/C=C\C/C=C\C/C=C\C/C=C\C/C=C\C/C=C\CCCCC(=O)NC(COP(=O)(O)OCC[N+](C)(C)C)C(O)/C=C/CC/C=C/CC/C=C/CCCCCCCC. The van der Waals surface area contributed by atoms with Crippen LogP contribution in [-0.2, 0) is 18.4 Å². The van der Waals surface area contributed by atoms with Gasteiger partial charge in [0.1, 0.15) is 13.2 Å². The molecule has 3 N–H and O–H groups in total. The van der Waals surface area contributed by atoms with Crippen molar-refractivity contribution in [3.05, 3.63) is 158 Å². The van der Waals surface area contributed by atoms with Gasteiger partial charge in [-0.15, -0.1) is 0 Å². The smallest absolute Gasteiger partial charge is 0.387 e. The third kappa shape index (κ3) is 53.7. The molecular weight excluding hydrogens is 900 g/mol. The molecule has 0 aromatic rings. The van der Waals surface area contributed by atoms with Crippen molar-refractivity contribution in [2.45, 2.75) is 187 Å². The maximum Gasteiger partial charge on any atom is 0.472 e. The average molecular weight is 1000 g/mol. The quantitative estimate of drug-likeness (QED) is 0.0243. The van der Waals surface area contributed by atoms with Crippen LogP contribution >= 0.6 is 7.82 Å². The van der Waals surface area contributed by atoms with Gasteiger partial charge in [0.05, 0.1) is 39.9 Å². The molecule has 8 nitrogen and oxygen atoms in total. The van der Waals surface area contributed by atoms with E-state index in [0.717, 1.165) is 109 Å². The lowest BCUT2D eigenvalue weighted by Crippen LogP contribution is -2.45. The second-order valence-corrected chi connectivity index (χ2v) is 20.3. The number of nitrogens with one attached hydrogen (secondary N) is 1. The van der Waals surface area contributed by atoms with Crippen LogP contribution in [-0.4, -0.2) is 73.4 Å². The number of likely N-dealkylation sites (N-methyl/N-ethyl adjacent to an activating group) is 1. The number of aliphatic hydroxyl groups excluding tert-OH is 1. The zero-order chi connectivity index (χ0) is 52.0. The van der Waals surface area contributed by atoms with Crippen LogP contribution in [0, 0.1) is 0 Å². The van der Waals surface area contributed by atoms with E-state index in [1.54, 1.807) is 6.08 Å². The minimum atomic E-state index is -4.38. The van der Waals surface area contributed by atoms with Gasteiger partial charge in [-0.05, 0) is 122 Å². The van der Waals surface area contributed by atoms with E-state index in [4.69, 9.17) is 9.05 Å². The summed E-state index contributed by atoms with van der Waals surface area (Å²) >= 11 is 0. The van der Waals surface area contributed by atoms with Gasteiger partial charge in [0.2, 0.25) is 5.91 Å². The van der Waals surface area contributed by atoms with Crippen LogP contribution < -0.4 is 5.32 Å². The van der Waals surface area contributed by atoms with E-state index in [1.807, 2.05) is 27.2 Å². The topological polar surface area (TPSA) is 105 Å². The fourth-order valence-corrected chi connectivity index (χ4v) is 7.42. The number of carbonyl (C=O) groups excluding carboxylic acids is 1. The molecule has 0 aliphatic carbocycles. The highest BCUT2D eigenvalue weighted by Gasteiger charge is 2.27. The van der Waals surface area contributed by atoms with Gasteiger partial charge >= 0.3 is 7.82 Å². The summed E-state index contributed by atoms with van der Waals surface area (Å²) in [6.45, 7) is 4.59.